The molecule has 0 radical (unpaired) electrons. The van der Waals surface area contributed by atoms with E-state index in [0.29, 0.717) is 22.8 Å². The van der Waals surface area contributed by atoms with Gasteiger partial charge in [-0.3, -0.25) is 4.79 Å². The van der Waals surface area contributed by atoms with Crippen LogP contribution in [-0.4, -0.2) is 76.9 Å². The molecule has 5 amide bonds. The van der Waals surface area contributed by atoms with Gasteiger partial charge in [0.2, 0.25) is 0 Å². The van der Waals surface area contributed by atoms with Crippen LogP contribution in [0.3, 0.4) is 0 Å². The number of aliphatic hydroxyl groups excluding tert-OH is 1. The molecule has 1 aromatic heterocycles. The van der Waals surface area contributed by atoms with Crippen LogP contribution < -0.4 is 20.7 Å². The first-order valence-electron chi connectivity index (χ1n) is 14.1. The highest BCUT2D eigenvalue weighted by atomic mass is 19.4. The van der Waals surface area contributed by atoms with Gasteiger partial charge in [0.1, 0.15) is 23.2 Å². The number of fused-ring (bicyclic) bond motifs is 1. The second kappa shape index (κ2) is 13.5. The summed E-state index contributed by atoms with van der Waals surface area (Å²) in [6, 6.07) is 6.94. The molecule has 3 atom stereocenters. The maximum atomic E-state index is 13.7. The number of carbonyl (C=O) groups excluding carboxylic acids is 3. The number of aromatic nitrogens is 1. The molecule has 4 N–H and O–H groups in total. The molecule has 0 aliphatic carbocycles. The van der Waals surface area contributed by atoms with Crippen LogP contribution in [0.15, 0.2) is 47.0 Å². The Labute approximate surface area is 257 Å². The van der Waals surface area contributed by atoms with Gasteiger partial charge in [-0.15, -0.1) is 0 Å². The lowest BCUT2D eigenvalue weighted by molar-refractivity contribution is -0.137. The van der Waals surface area contributed by atoms with E-state index in [9.17, 15) is 32.7 Å². The van der Waals surface area contributed by atoms with Crippen LogP contribution in [0.2, 0.25) is 0 Å². The summed E-state index contributed by atoms with van der Waals surface area (Å²) in [5.74, 6) is -0.0905. The lowest BCUT2D eigenvalue weighted by Crippen LogP contribution is -2.50. The van der Waals surface area contributed by atoms with Gasteiger partial charge in [-0.1, -0.05) is 12.1 Å². The first kappa shape index (κ1) is 33.1. The number of ether oxygens (including phenoxy) is 1. The summed E-state index contributed by atoms with van der Waals surface area (Å²) < 4.78 is 50.0. The van der Waals surface area contributed by atoms with E-state index in [1.807, 2.05) is 6.92 Å². The number of nitrogens with zero attached hydrogens (tertiary/aromatic N) is 3. The van der Waals surface area contributed by atoms with Crippen LogP contribution in [-0.2, 0) is 6.18 Å². The zero-order chi connectivity index (χ0) is 33.1. The van der Waals surface area contributed by atoms with Crippen LogP contribution in [0.4, 0.5) is 39.8 Å². The van der Waals surface area contributed by atoms with Crippen molar-refractivity contribution in [1.29, 1.82) is 0 Å². The quantitative estimate of drug-likeness (QED) is 0.275. The Morgan fingerprint density at radius 2 is 1.78 bits per heavy atom. The molecule has 0 bridgehead atoms. The highest BCUT2D eigenvalue weighted by Crippen LogP contribution is 2.32. The maximum Gasteiger partial charge on any atom is 0.416 e. The smallest absolute Gasteiger partial charge is 0.416 e. The molecule has 0 spiro atoms. The summed E-state index contributed by atoms with van der Waals surface area (Å²) >= 11 is 0. The molecule has 0 saturated heterocycles. The molecule has 1 aliphatic heterocycles. The topological polar surface area (TPSA) is 149 Å². The third-order valence-electron chi connectivity index (χ3n) is 7.46. The van der Waals surface area contributed by atoms with Crippen molar-refractivity contribution >= 4 is 35.0 Å². The van der Waals surface area contributed by atoms with Gasteiger partial charge in [0.15, 0.2) is 5.76 Å². The fourth-order valence-electron chi connectivity index (χ4n) is 4.77. The molecule has 242 valence electrons. The van der Waals surface area contributed by atoms with Crippen molar-refractivity contribution in [2.24, 2.45) is 5.92 Å². The molecule has 12 nitrogen and oxygen atoms in total. The van der Waals surface area contributed by atoms with Crippen molar-refractivity contribution in [3.8, 4) is 5.75 Å². The van der Waals surface area contributed by atoms with Crippen molar-refractivity contribution in [3.63, 3.8) is 0 Å². The molecule has 0 unspecified atom stereocenters. The molecule has 15 heteroatoms. The molecular weight excluding hydrogens is 597 g/mol. The fraction of sp³-hybridized carbons (Fsp3) is 0.400. The zero-order valence-electron chi connectivity index (χ0n) is 25.4. The van der Waals surface area contributed by atoms with Crippen LogP contribution in [0.25, 0.3) is 0 Å². The number of aryl methyl sites for hydroxylation is 2. The number of alkyl halides is 3. The second-order valence-corrected chi connectivity index (χ2v) is 11.0. The molecule has 3 aromatic rings. The lowest BCUT2D eigenvalue weighted by atomic mass is 9.99. The standard InChI is InChI=1S/C30H35F3N6O6/c1-16-13-39(17(2)15-40)27(41)23-12-22(34-28(42)36-26-18(3)37-45-19(26)4)10-11-24(23)44-25(16)14-38(5)29(43)35-21-8-6-20(7-9-21)30(31,32)33/h6-12,16-17,25,40H,13-15H2,1-5H3,(H,35,43)(H2,34,36,42)/t16-,17-,25-/m0/s1. The third kappa shape index (κ3) is 7.84. The Balaban J connectivity index is 1.53. The number of carbonyl (C=O) groups is 3. The van der Waals surface area contributed by atoms with E-state index in [2.05, 4.69) is 21.1 Å². The summed E-state index contributed by atoms with van der Waals surface area (Å²) in [6.07, 6.45) is -5.13. The first-order valence-corrected chi connectivity index (χ1v) is 14.1. The Hall–Kier alpha value is -4.79. The van der Waals surface area contributed by atoms with Gasteiger partial charge in [-0.05, 0) is 63.2 Å². The minimum absolute atomic E-state index is 0.0580. The van der Waals surface area contributed by atoms with Crippen molar-refractivity contribution in [3.05, 3.63) is 65.0 Å². The SMILES string of the molecule is Cc1noc(C)c1NC(=O)Nc1ccc2c(c1)C(=O)N([C@@H](C)CO)C[C@H](C)[C@H](CN(C)C(=O)Nc1ccc(C(F)(F)F)cc1)O2. The van der Waals surface area contributed by atoms with Gasteiger partial charge in [-0.25, -0.2) is 9.59 Å². The van der Waals surface area contributed by atoms with Gasteiger partial charge in [0.05, 0.1) is 30.3 Å². The number of hydrogen-bond acceptors (Lipinski definition) is 7. The Bertz CT molecular complexity index is 1520. The second-order valence-electron chi connectivity index (χ2n) is 11.0. The summed E-state index contributed by atoms with van der Waals surface area (Å²) in [5, 5.41) is 21.6. The van der Waals surface area contributed by atoms with E-state index in [4.69, 9.17) is 9.26 Å². The van der Waals surface area contributed by atoms with Crippen molar-refractivity contribution < 1.29 is 41.9 Å². The number of anilines is 3. The number of rotatable bonds is 7. The molecule has 2 aromatic carbocycles. The number of likely N-dealkylation sites (N-methyl/N-ethyl adjacent to an activating group) is 1. The average molecular weight is 633 g/mol. The summed E-state index contributed by atoms with van der Waals surface area (Å²) in [5.41, 5.74) is 0.702. The summed E-state index contributed by atoms with van der Waals surface area (Å²) in [4.78, 5) is 42.2. The van der Waals surface area contributed by atoms with E-state index in [0.717, 1.165) is 12.1 Å². The minimum atomic E-state index is -4.50. The fourth-order valence-corrected chi connectivity index (χ4v) is 4.77. The molecule has 2 heterocycles. The molecule has 1 aliphatic rings. The predicted molar refractivity (Wildman–Crippen MR) is 159 cm³/mol. The van der Waals surface area contributed by atoms with Crippen molar-refractivity contribution in [2.75, 3.05) is 42.7 Å². The molecule has 0 fully saturated rings. The normalized spacial score (nSPS) is 17.4. The number of amides is 5. The Kier molecular flexibility index (Phi) is 9.91. The first-order chi connectivity index (χ1) is 21.2. The number of aliphatic hydroxyl groups is 1. The van der Waals surface area contributed by atoms with E-state index in [1.165, 1.54) is 41.1 Å². The van der Waals surface area contributed by atoms with E-state index in [1.54, 1.807) is 26.8 Å². The molecular formula is C30H35F3N6O6. The number of halogens is 3. The molecule has 0 saturated carbocycles. The van der Waals surface area contributed by atoms with Gasteiger partial charge >= 0.3 is 18.2 Å². The van der Waals surface area contributed by atoms with Gasteiger partial charge in [-0.2, -0.15) is 13.2 Å². The summed E-state index contributed by atoms with van der Waals surface area (Å²) in [7, 11) is 1.51. The number of hydrogen-bond donors (Lipinski definition) is 4. The van der Waals surface area contributed by atoms with Crippen molar-refractivity contribution in [1.82, 2.24) is 15.0 Å². The Morgan fingerprint density at radius 3 is 2.38 bits per heavy atom. The average Bonchev–Trinajstić information content (AvgIpc) is 3.30. The highest BCUT2D eigenvalue weighted by molar-refractivity contribution is 6.03. The Morgan fingerprint density at radius 1 is 1.11 bits per heavy atom. The van der Waals surface area contributed by atoms with Crippen LogP contribution >= 0.6 is 0 Å². The van der Waals surface area contributed by atoms with Gasteiger partial charge < -0.3 is 40.1 Å². The van der Waals surface area contributed by atoms with Crippen LogP contribution in [0.5, 0.6) is 5.75 Å². The van der Waals surface area contributed by atoms with E-state index < -0.39 is 41.9 Å². The zero-order valence-corrected chi connectivity index (χ0v) is 25.4. The highest BCUT2D eigenvalue weighted by Gasteiger charge is 2.34. The maximum absolute atomic E-state index is 13.7. The largest absolute Gasteiger partial charge is 0.487 e. The van der Waals surface area contributed by atoms with Gasteiger partial charge in [0.25, 0.3) is 5.91 Å². The molecule has 45 heavy (non-hydrogen) atoms. The number of nitrogens with one attached hydrogen (secondary N) is 3. The summed E-state index contributed by atoms with van der Waals surface area (Å²) in [6.45, 7) is 6.82. The third-order valence-corrected chi connectivity index (χ3v) is 7.46. The monoisotopic (exact) mass is 632 g/mol. The lowest BCUT2D eigenvalue weighted by Gasteiger charge is -2.38. The van der Waals surface area contributed by atoms with Gasteiger partial charge in [0, 0.05) is 30.9 Å². The number of urea groups is 2. The minimum Gasteiger partial charge on any atom is -0.487 e. The van der Waals surface area contributed by atoms with E-state index in [-0.39, 0.29) is 42.6 Å². The van der Waals surface area contributed by atoms with E-state index >= 15 is 0 Å². The predicted octanol–water partition coefficient (Wildman–Crippen LogP) is 5.34. The number of benzene rings is 2. The molecule has 4 rings (SSSR count). The van der Waals surface area contributed by atoms with Crippen LogP contribution in [0.1, 0.15) is 41.2 Å². The van der Waals surface area contributed by atoms with Crippen LogP contribution in [0, 0.1) is 19.8 Å². The van der Waals surface area contributed by atoms with Crippen molar-refractivity contribution in [2.45, 2.75) is 46.0 Å².